The molecule has 0 saturated carbocycles. The van der Waals surface area contributed by atoms with Gasteiger partial charge in [-0.1, -0.05) is 0 Å². The lowest BCUT2D eigenvalue weighted by atomic mass is 10.2. The average Bonchev–Trinajstić information content (AvgIpc) is 2.81. The molecule has 8 nitrogen and oxygen atoms in total. The van der Waals surface area contributed by atoms with Gasteiger partial charge in [-0.2, -0.15) is 0 Å². The van der Waals surface area contributed by atoms with Gasteiger partial charge in [0.25, 0.3) is 11.6 Å². The van der Waals surface area contributed by atoms with E-state index >= 15 is 0 Å². The first kappa shape index (κ1) is 17.3. The van der Waals surface area contributed by atoms with Crippen LogP contribution in [0.15, 0.2) is 18.2 Å². The number of likely N-dealkylation sites (N-methyl/N-ethyl adjacent to an activating group) is 1. The number of rotatable bonds is 5. The van der Waals surface area contributed by atoms with E-state index in [0.717, 1.165) is 18.2 Å². The Bertz CT molecular complexity index is 737. The zero-order valence-corrected chi connectivity index (χ0v) is 13.2. The highest BCUT2D eigenvalue weighted by Gasteiger charge is 2.34. The van der Waals surface area contributed by atoms with Crippen molar-refractivity contribution in [3.8, 4) is 0 Å². The molecule has 0 bridgehead atoms. The molecule has 10 heteroatoms. The number of nitrogens with one attached hydrogen (secondary N) is 2. The van der Waals surface area contributed by atoms with Crippen molar-refractivity contribution in [1.29, 1.82) is 0 Å². The summed E-state index contributed by atoms with van der Waals surface area (Å²) in [7, 11) is -1.34. The van der Waals surface area contributed by atoms with Crippen LogP contribution in [0.3, 0.4) is 0 Å². The Morgan fingerprint density at radius 2 is 2.22 bits per heavy atom. The van der Waals surface area contributed by atoms with Crippen LogP contribution in [0.25, 0.3) is 0 Å². The minimum atomic E-state index is -3.04. The maximum absolute atomic E-state index is 13.1. The molecule has 1 aliphatic heterocycles. The van der Waals surface area contributed by atoms with Crippen LogP contribution in [-0.2, 0) is 14.6 Å². The van der Waals surface area contributed by atoms with Crippen molar-refractivity contribution in [3.05, 3.63) is 34.1 Å². The third kappa shape index (κ3) is 4.45. The number of sulfone groups is 1. The molecule has 1 aromatic carbocycles. The highest BCUT2D eigenvalue weighted by molar-refractivity contribution is 7.91. The van der Waals surface area contributed by atoms with Crippen LogP contribution < -0.4 is 10.2 Å². The van der Waals surface area contributed by atoms with Crippen LogP contribution in [0.2, 0.25) is 0 Å². The van der Waals surface area contributed by atoms with Gasteiger partial charge in [-0.25, -0.2) is 12.8 Å². The van der Waals surface area contributed by atoms with Gasteiger partial charge in [-0.3, -0.25) is 14.9 Å². The second kappa shape index (κ2) is 6.59. The van der Waals surface area contributed by atoms with Crippen molar-refractivity contribution >= 4 is 27.1 Å². The summed E-state index contributed by atoms with van der Waals surface area (Å²) in [5, 5.41) is 13.3. The Labute approximate surface area is 132 Å². The molecule has 0 spiro atoms. The standard InChI is InChI=1S/C13H16FN3O5S/c1-16(10-4-5-23(21,22)8-10)7-13(18)15-11-3-2-9(14)6-12(11)17(19)20/h2-3,6,10H,4-5,7-8H2,1H3,(H,15,18)/p+1/t10-/m1/s1. The maximum atomic E-state index is 13.1. The number of anilines is 1. The highest BCUT2D eigenvalue weighted by Crippen LogP contribution is 2.24. The molecule has 0 aliphatic carbocycles. The third-order valence-corrected chi connectivity index (χ3v) is 5.57. The van der Waals surface area contributed by atoms with Crippen molar-refractivity contribution < 1.29 is 27.4 Å². The number of carbonyl (C=O) groups is 1. The molecule has 1 unspecified atom stereocenters. The lowest BCUT2D eigenvalue weighted by Crippen LogP contribution is -3.14. The smallest absolute Gasteiger partial charge is 0.295 e. The largest absolute Gasteiger partial charge is 0.326 e. The van der Waals surface area contributed by atoms with Crippen molar-refractivity contribution in [3.63, 3.8) is 0 Å². The number of nitro benzene ring substituents is 1. The van der Waals surface area contributed by atoms with Gasteiger partial charge in [-0.15, -0.1) is 0 Å². The van der Waals surface area contributed by atoms with Crippen LogP contribution in [0.1, 0.15) is 6.42 Å². The fourth-order valence-electron chi connectivity index (χ4n) is 2.54. The number of nitro groups is 1. The zero-order valence-electron chi connectivity index (χ0n) is 12.4. The van der Waals surface area contributed by atoms with Gasteiger partial charge in [0.15, 0.2) is 16.4 Å². The predicted octanol–water partition coefficient (Wildman–Crippen LogP) is -0.626. The first-order valence-electron chi connectivity index (χ1n) is 6.94. The van der Waals surface area contributed by atoms with Crippen molar-refractivity contribution in [2.45, 2.75) is 12.5 Å². The van der Waals surface area contributed by atoms with Gasteiger partial charge in [0.1, 0.15) is 23.3 Å². The Morgan fingerprint density at radius 3 is 2.78 bits per heavy atom. The van der Waals surface area contributed by atoms with E-state index in [1.807, 2.05) is 0 Å². The Morgan fingerprint density at radius 1 is 1.52 bits per heavy atom. The zero-order chi connectivity index (χ0) is 17.2. The monoisotopic (exact) mass is 346 g/mol. The van der Waals surface area contributed by atoms with Crippen LogP contribution in [-0.4, -0.2) is 50.4 Å². The third-order valence-electron chi connectivity index (χ3n) is 3.80. The minimum absolute atomic E-state index is 0.0306. The normalized spacial score (nSPS) is 20.9. The quantitative estimate of drug-likeness (QED) is 0.545. The highest BCUT2D eigenvalue weighted by atomic mass is 32.2. The summed E-state index contributed by atoms with van der Waals surface area (Å²) in [6.07, 6.45) is 0.484. The van der Waals surface area contributed by atoms with Crippen LogP contribution in [0.4, 0.5) is 15.8 Å². The molecule has 2 atom stereocenters. The summed E-state index contributed by atoms with van der Waals surface area (Å²) in [5.41, 5.74) is -0.618. The first-order chi connectivity index (χ1) is 10.7. The number of benzene rings is 1. The fourth-order valence-corrected chi connectivity index (χ4v) is 4.41. The fraction of sp³-hybridized carbons (Fsp3) is 0.462. The molecule has 23 heavy (non-hydrogen) atoms. The Hall–Kier alpha value is -2.07. The molecule has 2 N–H and O–H groups in total. The van der Waals surface area contributed by atoms with Crippen molar-refractivity contribution in [2.24, 2.45) is 0 Å². The summed E-state index contributed by atoms with van der Waals surface area (Å²) in [5.74, 6) is -1.13. The molecule has 0 radical (unpaired) electrons. The van der Waals surface area contributed by atoms with E-state index in [1.165, 1.54) is 0 Å². The van der Waals surface area contributed by atoms with Gasteiger partial charge in [-0.05, 0) is 12.1 Å². The Balaban J connectivity index is 2.01. The van der Waals surface area contributed by atoms with E-state index in [9.17, 15) is 27.7 Å². The number of amides is 1. The SMILES string of the molecule is C[NH+](CC(=O)Nc1ccc(F)cc1[N+](=O)[O-])[C@@H]1CCS(=O)(=O)C1. The van der Waals surface area contributed by atoms with Crippen LogP contribution in [0, 0.1) is 15.9 Å². The van der Waals surface area contributed by atoms with E-state index in [-0.39, 0.29) is 29.8 Å². The number of nitrogens with zero attached hydrogens (tertiary/aromatic N) is 1. The average molecular weight is 346 g/mol. The first-order valence-corrected chi connectivity index (χ1v) is 8.76. The van der Waals surface area contributed by atoms with E-state index in [1.54, 1.807) is 7.05 Å². The molecule has 1 heterocycles. The lowest BCUT2D eigenvalue weighted by Gasteiger charge is -2.19. The second-order valence-corrected chi connectivity index (χ2v) is 7.82. The summed E-state index contributed by atoms with van der Waals surface area (Å²) < 4.78 is 36.0. The molecule has 1 amide bonds. The molecule has 1 aromatic rings. The number of hydrogen-bond acceptors (Lipinski definition) is 5. The molecular formula is C13H17FN3O5S+. The minimum Gasteiger partial charge on any atom is -0.326 e. The Kier molecular flexibility index (Phi) is 4.95. The number of quaternary nitrogens is 1. The second-order valence-electron chi connectivity index (χ2n) is 5.59. The molecule has 2 rings (SSSR count). The van der Waals surface area contributed by atoms with Crippen molar-refractivity contribution in [2.75, 3.05) is 30.4 Å². The molecule has 1 fully saturated rings. The summed E-state index contributed by atoms with van der Waals surface area (Å²) in [4.78, 5) is 22.8. The van der Waals surface area contributed by atoms with Gasteiger partial charge in [0.2, 0.25) is 0 Å². The molecular weight excluding hydrogens is 329 g/mol. The molecule has 1 aliphatic rings. The van der Waals surface area contributed by atoms with E-state index in [4.69, 9.17) is 0 Å². The summed E-state index contributed by atoms with van der Waals surface area (Å²) in [6.45, 7) is -0.0330. The van der Waals surface area contributed by atoms with Crippen molar-refractivity contribution in [1.82, 2.24) is 0 Å². The number of carbonyl (C=O) groups excluding carboxylic acids is 1. The van der Waals surface area contributed by atoms with E-state index < -0.39 is 32.2 Å². The van der Waals surface area contributed by atoms with Gasteiger partial charge >= 0.3 is 0 Å². The van der Waals surface area contributed by atoms with Gasteiger partial charge in [0.05, 0.1) is 23.8 Å². The van der Waals surface area contributed by atoms with Gasteiger partial charge in [0, 0.05) is 6.42 Å². The topological polar surface area (TPSA) is 111 Å². The lowest BCUT2D eigenvalue weighted by molar-refractivity contribution is -0.894. The molecule has 1 saturated heterocycles. The van der Waals surface area contributed by atoms with Gasteiger partial charge < -0.3 is 10.2 Å². The van der Waals surface area contributed by atoms with Crippen LogP contribution >= 0.6 is 0 Å². The predicted molar refractivity (Wildman–Crippen MR) is 80.5 cm³/mol. The summed E-state index contributed by atoms with van der Waals surface area (Å²) in [6, 6.07) is 2.70. The molecule has 0 aromatic heterocycles. The number of hydrogen-bond donors (Lipinski definition) is 2. The van der Waals surface area contributed by atoms with E-state index in [0.29, 0.717) is 11.3 Å². The maximum Gasteiger partial charge on any atom is 0.295 e. The van der Waals surface area contributed by atoms with Crippen LogP contribution in [0.5, 0.6) is 0 Å². The number of halogens is 1. The molecule has 126 valence electrons. The van der Waals surface area contributed by atoms with E-state index in [2.05, 4.69) is 5.32 Å². The summed E-state index contributed by atoms with van der Waals surface area (Å²) >= 11 is 0.